The molecular weight excluding hydrogens is 502 g/mol. The molecule has 4 heteroatoms. The molecule has 0 aliphatic heterocycles. The SMILES string of the molecule is N=C(N=C(N=Cc1ccc2ccccc2c1)c1ccccc1)c1ccc(-c2cccc3oc4ccccc4c23)cc1. The predicted molar refractivity (Wildman–Crippen MR) is 171 cm³/mol. The molecule has 0 radical (unpaired) electrons. The molecule has 194 valence electrons. The van der Waals surface area contributed by atoms with Crippen LogP contribution in [0.2, 0.25) is 0 Å². The highest BCUT2D eigenvalue weighted by atomic mass is 16.3. The average Bonchev–Trinajstić information content (AvgIpc) is 3.42. The van der Waals surface area contributed by atoms with Gasteiger partial charge in [0, 0.05) is 28.1 Å². The fraction of sp³-hybridized carbons (Fsp3) is 0. The van der Waals surface area contributed by atoms with Crippen LogP contribution < -0.4 is 0 Å². The summed E-state index contributed by atoms with van der Waals surface area (Å²) in [5.41, 5.74) is 6.43. The summed E-state index contributed by atoms with van der Waals surface area (Å²) in [7, 11) is 0. The van der Waals surface area contributed by atoms with Gasteiger partial charge in [0.05, 0.1) is 0 Å². The highest BCUT2D eigenvalue weighted by Gasteiger charge is 2.12. The predicted octanol–water partition coefficient (Wildman–Crippen LogP) is 9.30. The number of hydrogen-bond donors (Lipinski definition) is 1. The zero-order valence-electron chi connectivity index (χ0n) is 22.2. The van der Waals surface area contributed by atoms with Crippen molar-refractivity contribution in [2.75, 3.05) is 0 Å². The number of fused-ring (bicyclic) bond motifs is 4. The first-order valence-electron chi connectivity index (χ1n) is 13.5. The van der Waals surface area contributed by atoms with Crippen LogP contribution in [0.25, 0.3) is 43.8 Å². The summed E-state index contributed by atoms with van der Waals surface area (Å²) in [6, 6.07) is 46.5. The third-order valence-electron chi connectivity index (χ3n) is 7.23. The maximum atomic E-state index is 8.81. The van der Waals surface area contributed by atoms with Crippen molar-refractivity contribution in [2.45, 2.75) is 0 Å². The van der Waals surface area contributed by atoms with Crippen LogP contribution in [-0.4, -0.2) is 17.9 Å². The Morgan fingerprint density at radius 1 is 0.610 bits per heavy atom. The minimum Gasteiger partial charge on any atom is -0.456 e. The molecule has 0 fully saturated rings. The monoisotopic (exact) mass is 527 g/mol. The van der Waals surface area contributed by atoms with Gasteiger partial charge in [0.15, 0.2) is 11.7 Å². The lowest BCUT2D eigenvalue weighted by molar-refractivity contribution is 0.669. The fourth-order valence-electron chi connectivity index (χ4n) is 5.17. The Balaban J connectivity index is 1.22. The molecule has 4 nitrogen and oxygen atoms in total. The highest BCUT2D eigenvalue weighted by Crippen LogP contribution is 2.36. The molecule has 1 aromatic heterocycles. The molecule has 0 bridgehead atoms. The Morgan fingerprint density at radius 3 is 2.20 bits per heavy atom. The maximum absolute atomic E-state index is 8.81. The number of nitrogens with zero attached hydrogens (tertiary/aromatic N) is 2. The molecule has 1 N–H and O–H groups in total. The number of para-hydroxylation sites is 1. The minimum absolute atomic E-state index is 0.151. The molecule has 0 saturated carbocycles. The van der Waals surface area contributed by atoms with Gasteiger partial charge < -0.3 is 4.42 Å². The summed E-state index contributed by atoms with van der Waals surface area (Å²) in [4.78, 5) is 9.40. The first kappa shape index (κ1) is 24.4. The Kier molecular flexibility index (Phi) is 6.26. The average molecular weight is 528 g/mol. The van der Waals surface area contributed by atoms with Crippen molar-refractivity contribution in [1.82, 2.24) is 0 Å². The van der Waals surface area contributed by atoms with Gasteiger partial charge in [-0.2, -0.15) is 0 Å². The molecule has 0 unspecified atom stereocenters. The smallest absolute Gasteiger partial charge is 0.161 e. The largest absolute Gasteiger partial charge is 0.456 e. The summed E-state index contributed by atoms with van der Waals surface area (Å²) >= 11 is 0. The van der Waals surface area contributed by atoms with Crippen LogP contribution in [0.4, 0.5) is 0 Å². The molecule has 0 aliphatic carbocycles. The summed E-state index contributed by atoms with van der Waals surface area (Å²) in [6.45, 7) is 0. The standard InChI is InChI=1S/C37H25N3O/c38-36(28-21-19-27(20-22-28)31-14-8-16-34-35(31)32-13-6-7-15-33(32)41-34)40-37(29-10-2-1-3-11-29)39-24-25-17-18-26-9-4-5-12-30(26)23-25/h1-24,38H. The Hall–Kier alpha value is -5.61. The third-order valence-corrected chi connectivity index (χ3v) is 7.23. The van der Waals surface area contributed by atoms with E-state index in [1.165, 1.54) is 5.39 Å². The van der Waals surface area contributed by atoms with Crippen LogP contribution >= 0.6 is 0 Å². The first-order valence-corrected chi connectivity index (χ1v) is 13.5. The van der Waals surface area contributed by atoms with Gasteiger partial charge in [0.1, 0.15) is 11.2 Å². The van der Waals surface area contributed by atoms with Crippen molar-refractivity contribution in [2.24, 2.45) is 9.98 Å². The van der Waals surface area contributed by atoms with Crippen LogP contribution in [0.3, 0.4) is 0 Å². The number of benzene rings is 6. The lowest BCUT2D eigenvalue weighted by Crippen LogP contribution is -2.04. The lowest BCUT2D eigenvalue weighted by atomic mass is 9.98. The van der Waals surface area contributed by atoms with E-state index in [9.17, 15) is 0 Å². The molecule has 41 heavy (non-hydrogen) atoms. The second-order valence-electron chi connectivity index (χ2n) is 9.87. The van der Waals surface area contributed by atoms with E-state index in [-0.39, 0.29) is 5.84 Å². The summed E-state index contributed by atoms with van der Waals surface area (Å²) in [5, 5.41) is 13.3. The number of rotatable bonds is 4. The summed E-state index contributed by atoms with van der Waals surface area (Å²) < 4.78 is 6.07. The van der Waals surface area contributed by atoms with Crippen LogP contribution in [0, 0.1) is 5.41 Å². The molecule has 6 aromatic carbocycles. The van der Waals surface area contributed by atoms with Crippen LogP contribution in [-0.2, 0) is 0 Å². The number of nitrogens with one attached hydrogen (secondary N) is 1. The molecule has 0 atom stereocenters. The van der Waals surface area contributed by atoms with E-state index >= 15 is 0 Å². The molecule has 0 aliphatic rings. The summed E-state index contributed by atoms with van der Waals surface area (Å²) in [5.74, 6) is 0.639. The van der Waals surface area contributed by atoms with Gasteiger partial charge in [-0.3, -0.25) is 5.41 Å². The van der Waals surface area contributed by atoms with Crippen LogP contribution in [0.5, 0.6) is 0 Å². The highest BCUT2D eigenvalue weighted by molar-refractivity contribution is 6.14. The lowest BCUT2D eigenvalue weighted by Gasteiger charge is -2.07. The molecule has 0 spiro atoms. The number of aliphatic imine (C=N–C) groups is 2. The van der Waals surface area contributed by atoms with Crippen molar-refractivity contribution >= 4 is 50.6 Å². The van der Waals surface area contributed by atoms with E-state index in [0.717, 1.165) is 49.6 Å². The zero-order chi connectivity index (χ0) is 27.6. The molecule has 0 saturated heterocycles. The Morgan fingerprint density at radius 2 is 1.34 bits per heavy atom. The van der Waals surface area contributed by atoms with Gasteiger partial charge >= 0.3 is 0 Å². The zero-order valence-corrected chi connectivity index (χ0v) is 22.2. The normalized spacial score (nSPS) is 12.0. The van der Waals surface area contributed by atoms with Gasteiger partial charge in [-0.15, -0.1) is 0 Å². The number of hydrogen-bond acceptors (Lipinski definition) is 2. The van der Waals surface area contributed by atoms with Crippen LogP contribution in [0.1, 0.15) is 16.7 Å². The third kappa shape index (κ3) is 4.83. The van der Waals surface area contributed by atoms with E-state index < -0.39 is 0 Å². The second kappa shape index (κ2) is 10.5. The van der Waals surface area contributed by atoms with Crippen molar-refractivity contribution in [1.29, 1.82) is 5.41 Å². The van der Waals surface area contributed by atoms with Crippen molar-refractivity contribution < 1.29 is 4.42 Å². The topological polar surface area (TPSA) is 61.7 Å². The van der Waals surface area contributed by atoms with E-state index in [1.54, 1.807) is 0 Å². The van der Waals surface area contributed by atoms with Crippen molar-refractivity contribution in [3.63, 3.8) is 0 Å². The van der Waals surface area contributed by atoms with Crippen molar-refractivity contribution in [3.05, 3.63) is 156 Å². The van der Waals surface area contributed by atoms with Crippen LogP contribution in [0.15, 0.2) is 154 Å². The Labute approximate surface area is 237 Å². The minimum atomic E-state index is 0.151. The molecule has 7 aromatic rings. The van der Waals surface area contributed by atoms with Gasteiger partial charge in [-0.05, 0) is 45.7 Å². The van der Waals surface area contributed by atoms with E-state index in [4.69, 9.17) is 14.8 Å². The Bertz CT molecular complexity index is 2100. The quantitative estimate of drug-likeness (QED) is 0.180. The molecule has 1 heterocycles. The van der Waals surface area contributed by atoms with Gasteiger partial charge in [-0.1, -0.05) is 121 Å². The summed E-state index contributed by atoms with van der Waals surface area (Å²) in [6.07, 6.45) is 1.81. The first-order chi connectivity index (χ1) is 20.2. The molecular formula is C37H25N3O. The molecule has 0 amide bonds. The van der Waals surface area contributed by atoms with Crippen molar-refractivity contribution in [3.8, 4) is 11.1 Å². The number of furan rings is 1. The second-order valence-corrected chi connectivity index (χ2v) is 9.87. The fourth-order valence-corrected chi connectivity index (χ4v) is 5.17. The molecule has 7 rings (SSSR count). The number of amidine groups is 2. The van der Waals surface area contributed by atoms with Gasteiger partial charge in [0.25, 0.3) is 0 Å². The van der Waals surface area contributed by atoms with Gasteiger partial charge in [-0.25, -0.2) is 9.98 Å². The maximum Gasteiger partial charge on any atom is 0.161 e. The van der Waals surface area contributed by atoms with E-state index in [1.807, 2.05) is 109 Å². The van der Waals surface area contributed by atoms with E-state index in [0.29, 0.717) is 11.4 Å². The van der Waals surface area contributed by atoms with E-state index in [2.05, 4.69) is 41.4 Å². The van der Waals surface area contributed by atoms with Gasteiger partial charge in [0.2, 0.25) is 0 Å².